The predicted molar refractivity (Wildman–Crippen MR) is 118 cm³/mol. The Labute approximate surface area is 176 Å². The molecule has 8 heteroatoms. The van der Waals surface area contributed by atoms with Crippen LogP contribution in [0, 0.1) is 13.8 Å². The van der Waals surface area contributed by atoms with Gasteiger partial charge in [-0.15, -0.1) is 35.3 Å². The minimum atomic E-state index is 0. The molecule has 2 N–H and O–H groups in total. The Morgan fingerprint density at radius 1 is 1.19 bits per heavy atom. The van der Waals surface area contributed by atoms with Gasteiger partial charge in [-0.1, -0.05) is 0 Å². The first-order valence-corrected chi connectivity index (χ1v) is 8.97. The first-order valence-electron chi connectivity index (χ1n) is 8.15. The molecule has 0 atom stereocenters. The summed E-state index contributed by atoms with van der Waals surface area (Å²) in [5.74, 6) is 2.46. The minimum absolute atomic E-state index is 0. The molecule has 6 nitrogen and oxygen atoms in total. The number of aliphatic imine (C=N–C) groups is 1. The molecule has 0 bridgehead atoms. The van der Waals surface area contributed by atoms with Crippen molar-refractivity contribution in [1.29, 1.82) is 0 Å². The number of methoxy groups -OCH3 is 2. The van der Waals surface area contributed by atoms with Gasteiger partial charge in [-0.25, -0.2) is 4.98 Å². The van der Waals surface area contributed by atoms with Gasteiger partial charge in [-0.05, 0) is 44.0 Å². The first-order chi connectivity index (χ1) is 12.1. The van der Waals surface area contributed by atoms with E-state index in [0.717, 1.165) is 53.2 Å². The molecule has 1 heterocycles. The van der Waals surface area contributed by atoms with Crippen molar-refractivity contribution in [2.24, 2.45) is 4.99 Å². The number of nitrogens with one attached hydrogen (secondary N) is 2. The number of rotatable bonds is 7. The van der Waals surface area contributed by atoms with Crippen LogP contribution in [0.15, 0.2) is 23.2 Å². The first kappa shape index (κ1) is 22.5. The van der Waals surface area contributed by atoms with Crippen molar-refractivity contribution in [2.75, 3.05) is 27.8 Å². The third kappa shape index (κ3) is 6.31. The lowest BCUT2D eigenvalue weighted by Gasteiger charge is -2.13. The van der Waals surface area contributed by atoms with Crippen LogP contribution in [0.4, 0.5) is 0 Å². The summed E-state index contributed by atoms with van der Waals surface area (Å²) in [4.78, 5) is 9.95. The maximum atomic E-state index is 5.41. The fourth-order valence-electron chi connectivity index (χ4n) is 2.51. The average Bonchev–Trinajstić information content (AvgIpc) is 2.95. The number of thiazole rings is 1. The number of halogens is 1. The molecule has 0 fully saturated rings. The van der Waals surface area contributed by atoms with Crippen LogP contribution < -0.4 is 20.1 Å². The summed E-state index contributed by atoms with van der Waals surface area (Å²) in [5, 5.41) is 7.75. The van der Waals surface area contributed by atoms with Gasteiger partial charge in [-0.2, -0.15) is 0 Å². The molecule has 1 aromatic carbocycles. The van der Waals surface area contributed by atoms with Gasteiger partial charge in [0, 0.05) is 18.5 Å². The summed E-state index contributed by atoms with van der Waals surface area (Å²) in [7, 11) is 5.11. The maximum absolute atomic E-state index is 5.41. The third-order valence-corrected chi connectivity index (χ3v) is 4.89. The van der Waals surface area contributed by atoms with Gasteiger partial charge in [0.05, 0.1) is 31.5 Å². The van der Waals surface area contributed by atoms with E-state index in [1.807, 2.05) is 32.0 Å². The lowest BCUT2D eigenvalue weighted by Crippen LogP contribution is -2.37. The normalized spacial score (nSPS) is 10.9. The predicted octanol–water partition coefficient (Wildman–Crippen LogP) is 3.30. The second-order valence-electron chi connectivity index (χ2n) is 5.52. The van der Waals surface area contributed by atoms with E-state index in [-0.39, 0.29) is 24.0 Å². The van der Waals surface area contributed by atoms with Crippen molar-refractivity contribution in [2.45, 2.75) is 26.8 Å². The van der Waals surface area contributed by atoms with Crippen molar-refractivity contribution in [3.8, 4) is 11.5 Å². The van der Waals surface area contributed by atoms with E-state index in [4.69, 9.17) is 9.47 Å². The highest BCUT2D eigenvalue weighted by Gasteiger charge is 2.07. The van der Waals surface area contributed by atoms with Crippen LogP contribution in [0.3, 0.4) is 0 Å². The third-order valence-electron chi connectivity index (χ3n) is 3.81. The van der Waals surface area contributed by atoms with Gasteiger partial charge in [0.15, 0.2) is 5.96 Å². The number of hydrogen-bond donors (Lipinski definition) is 2. The minimum Gasteiger partial charge on any atom is -0.497 e. The van der Waals surface area contributed by atoms with E-state index in [1.54, 1.807) is 32.6 Å². The van der Waals surface area contributed by atoms with Crippen LogP contribution in [0.25, 0.3) is 0 Å². The number of aromatic nitrogens is 1. The highest BCUT2D eigenvalue weighted by atomic mass is 127. The number of benzene rings is 1. The monoisotopic (exact) mass is 490 g/mol. The van der Waals surface area contributed by atoms with Gasteiger partial charge in [0.25, 0.3) is 0 Å². The van der Waals surface area contributed by atoms with Crippen LogP contribution in [0.1, 0.15) is 21.1 Å². The van der Waals surface area contributed by atoms with Crippen molar-refractivity contribution in [3.05, 3.63) is 39.3 Å². The van der Waals surface area contributed by atoms with Crippen LogP contribution in [-0.2, 0) is 13.0 Å². The van der Waals surface area contributed by atoms with E-state index < -0.39 is 0 Å². The smallest absolute Gasteiger partial charge is 0.191 e. The molecule has 0 saturated heterocycles. The Hall–Kier alpha value is -1.55. The average molecular weight is 490 g/mol. The molecule has 144 valence electrons. The van der Waals surface area contributed by atoms with Gasteiger partial charge in [0.1, 0.15) is 11.5 Å². The van der Waals surface area contributed by atoms with Crippen molar-refractivity contribution >= 4 is 41.3 Å². The van der Waals surface area contributed by atoms with Crippen molar-refractivity contribution in [1.82, 2.24) is 15.6 Å². The Morgan fingerprint density at radius 2 is 1.96 bits per heavy atom. The molecule has 0 spiro atoms. The molecular weight excluding hydrogens is 463 g/mol. The molecule has 0 aliphatic heterocycles. The summed E-state index contributed by atoms with van der Waals surface area (Å²) in [5.41, 5.74) is 2.17. The lowest BCUT2D eigenvalue weighted by atomic mass is 10.1. The molecule has 2 aromatic rings. The van der Waals surface area contributed by atoms with Crippen LogP contribution in [0.5, 0.6) is 11.5 Å². The summed E-state index contributed by atoms with van der Waals surface area (Å²) in [6.45, 7) is 5.52. The summed E-state index contributed by atoms with van der Waals surface area (Å²) in [6.07, 6.45) is 0.805. The lowest BCUT2D eigenvalue weighted by molar-refractivity contribution is 0.398. The standard InChI is InChI=1S/C18H26N4O2S.HI/c1-12-17(25-13(2)22-12)11-21-18(19-3)20-9-8-14-10-15(23-4)6-7-16(14)24-5;/h6-7,10H,8-9,11H2,1-5H3,(H2,19,20,21);1H. The highest BCUT2D eigenvalue weighted by molar-refractivity contribution is 14.0. The number of aryl methyl sites for hydroxylation is 2. The second kappa shape index (κ2) is 11.2. The number of hydrogen-bond acceptors (Lipinski definition) is 5. The van der Waals surface area contributed by atoms with E-state index in [0.29, 0.717) is 0 Å². The molecule has 0 aliphatic carbocycles. The molecule has 0 aliphatic rings. The van der Waals surface area contributed by atoms with Gasteiger partial charge < -0.3 is 20.1 Å². The summed E-state index contributed by atoms with van der Waals surface area (Å²) in [6, 6.07) is 5.83. The Kier molecular flexibility index (Phi) is 9.71. The summed E-state index contributed by atoms with van der Waals surface area (Å²) < 4.78 is 10.7. The van der Waals surface area contributed by atoms with E-state index in [9.17, 15) is 0 Å². The van der Waals surface area contributed by atoms with E-state index in [2.05, 4.69) is 20.6 Å². The zero-order valence-corrected chi connectivity index (χ0v) is 19.0. The maximum Gasteiger partial charge on any atom is 0.191 e. The fourth-order valence-corrected chi connectivity index (χ4v) is 3.39. The van der Waals surface area contributed by atoms with Crippen LogP contribution >= 0.6 is 35.3 Å². The number of nitrogens with zero attached hydrogens (tertiary/aromatic N) is 2. The Balaban J connectivity index is 0.00000338. The number of guanidine groups is 1. The van der Waals surface area contributed by atoms with Gasteiger partial charge in [0.2, 0.25) is 0 Å². The van der Waals surface area contributed by atoms with E-state index in [1.165, 1.54) is 4.88 Å². The second-order valence-corrected chi connectivity index (χ2v) is 6.81. The largest absolute Gasteiger partial charge is 0.497 e. The molecule has 0 amide bonds. The number of ether oxygens (including phenoxy) is 2. The Morgan fingerprint density at radius 3 is 2.54 bits per heavy atom. The summed E-state index contributed by atoms with van der Waals surface area (Å²) >= 11 is 1.71. The molecular formula is C18H27IN4O2S. The van der Waals surface area contributed by atoms with Crippen LogP contribution in [0.2, 0.25) is 0 Å². The molecule has 2 rings (SSSR count). The van der Waals surface area contributed by atoms with E-state index >= 15 is 0 Å². The van der Waals surface area contributed by atoms with Crippen molar-refractivity contribution < 1.29 is 9.47 Å². The van der Waals surface area contributed by atoms with Gasteiger partial charge in [-0.3, -0.25) is 4.99 Å². The topological polar surface area (TPSA) is 67.8 Å². The van der Waals surface area contributed by atoms with Crippen molar-refractivity contribution in [3.63, 3.8) is 0 Å². The Bertz CT molecular complexity index is 734. The molecule has 0 saturated carbocycles. The van der Waals surface area contributed by atoms with Crippen LogP contribution in [-0.4, -0.2) is 38.8 Å². The van der Waals surface area contributed by atoms with Gasteiger partial charge >= 0.3 is 0 Å². The quantitative estimate of drug-likeness (QED) is 0.354. The zero-order chi connectivity index (χ0) is 18.2. The molecule has 0 radical (unpaired) electrons. The fraction of sp³-hybridized carbons (Fsp3) is 0.444. The highest BCUT2D eigenvalue weighted by Crippen LogP contribution is 2.24. The molecule has 26 heavy (non-hydrogen) atoms. The molecule has 1 aromatic heterocycles. The molecule has 0 unspecified atom stereocenters. The zero-order valence-electron chi connectivity index (χ0n) is 15.9. The SMILES string of the molecule is CN=C(NCCc1cc(OC)ccc1OC)NCc1sc(C)nc1C.I.